The summed E-state index contributed by atoms with van der Waals surface area (Å²) in [6, 6.07) is 7.09. The summed E-state index contributed by atoms with van der Waals surface area (Å²) >= 11 is 4.17. The molecule has 0 radical (unpaired) electrons. The highest BCUT2D eigenvalue weighted by Crippen LogP contribution is 2.14. The number of hydrogen-bond acceptors (Lipinski definition) is 3. The molecule has 0 fully saturated rings. The Kier molecular flexibility index (Phi) is 3.33. The van der Waals surface area contributed by atoms with Gasteiger partial charge in [0.15, 0.2) is 0 Å². The average molecular weight is 197 g/mol. The van der Waals surface area contributed by atoms with E-state index in [1.807, 2.05) is 6.07 Å². The van der Waals surface area contributed by atoms with Crippen LogP contribution in [0.25, 0.3) is 0 Å². The van der Waals surface area contributed by atoms with E-state index in [0.717, 1.165) is 5.06 Å². The van der Waals surface area contributed by atoms with E-state index in [2.05, 4.69) is 12.6 Å². The highest BCUT2D eigenvalue weighted by atomic mass is 32.1. The van der Waals surface area contributed by atoms with E-state index < -0.39 is 0 Å². The predicted molar refractivity (Wildman–Crippen MR) is 52.8 cm³/mol. The number of nitrogens with zero attached hydrogens (tertiary/aromatic N) is 1. The lowest BCUT2D eigenvalue weighted by Crippen LogP contribution is -2.25. The first-order valence-corrected chi connectivity index (χ1v) is 4.21. The number of benzene rings is 1. The van der Waals surface area contributed by atoms with Gasteiger partial charge in [-0.05, 0) is 12.1 Å². The van der Waals surface area contributed by atoms with E-state index in [-0.39, 0.29) is 5.91 Å². The van der Waals surface area contributed by atoms with Crippen LogP contribution >= 0.6 is 12.6 Å². The molecule has 0 aliphatic rings. The molecule has 3 nitrogen and oxygen atoms in total. The third-order valence-electron chi connectivity index (χ3n) is 1.69. The van der Waals surface area contributed by atoms with Crippen LogP contribution in [0.5, 0.6) is 0 Å². The molecule has 0 bridgehead atoms. The molecule has 1 rings (SSSR count). The van der Waals surface area contributed by atoms with Crippen molar-refractivity contribution in [3.8, 4) is 0 Å². The SMILES string of the molecule is CON(C)C(=O)c1ccccc1S. The van der Waals surface area contributed by atoms with Crippen molar-refractivity contribution in [3.63, 3.8) is 0 Å². The van der Waals surface area contributed by atoms with Gasteiger partial charge in [0.25, 0.3) is 5.91 Å². The summed E-state index contributed by atoms with van der Waals surface area (Å²) in [5.41, 5.74) is 0.537. The molecule has 0 saturated carbocycles. The molecule has 0 aliphatic heterocycles. The van der Waals surface area contributed by atoms with Crippen LogP contribution in [0.4, 0.5) is 0 Å². The number of hydrogen-bond donors (Lipinski definition) is 1. The van der Waals surface area contributed by atoms with Crippen molar-refractivity contribution in [1.82, 2.24) is 5.06 Å². The van der Waals surface area contributed by atoms with E-state index in [0.29, 0.717) is 10.5 Å². The topological polar surface area (TPSA) is 29.5 Å². The molecule has 0 unspecified atom stereocenters. The van der Waals surface area contributed by atoms with Gasteiger partial charge in [-0.1, -0.05) is 12.1 Å². The van der Waals surface area contributed by atoms with E-state index in [1.165, 1.54) is 7.11 Å². The largest absolute Gasteiger partial charge is 0.278 e. The zero-order valence-electron chi connectivity index (χ0n) is 7.52. The van der Waals surface area contributed by atoms with Gasteiger partial charge in [-0.25, -0.2) is 5.06 Å². The molecule has 1 aromatic rings. The number of hydroxylamine groups is 2. The van der Waals surface area contributed by atoms with E-state index in [4.69, 9.17) is 4.84 Å². The fourth-order valence-corrected chi connectivity index (χ4v) is 1.16. The number of thiol groups is 1. The van der Waals surface area contributed by atoms with Crippen LogP contribution in [0.1, 0.15) is 10.4 Å². The zero-order chi connectivity index (χ0) is 9.84. The molecule has 0 heterocycles. The number of rotatable bonds is 2. The molecule has 0 aromatic heterocycles. The molecule has 70 valence electrons. The van der Waals surface area contributed by atoms with Crippen LogP contribution in [-0.2, 0) is 4.84 Å². The smallest absolute Gasteiger partial charge is 0.274 e. The summed E-state index contributed by atoms with van der Waals surface area (Å²) in [7, 11) is 3.00. The Hall–Kier alpha value is -1.00. The van der Waals surface area contributed by atoms with Crippen LogP contribution in [0.15, 0.2) is 29.2 Å². The molecule has 0 atom stereocenters. The predicted octanol–water partition coefficient (Wildman–Crippen LogP) is 1.61. The zero-order valence-corrected chi connectivity index (χ0v) is 8.41. The van der Waals surface area contributed by atoms with Gasteiger partial charge in [0, 0.05) is 11.9 Å². The Morgan fingerprint density at radius 2 is 2.08 bits per heavy atom. The minimum atomic E-state index is -0.201. The molecule has 0 spiro atoms. The van der Waals surface area contributed by atoms with Crippen LogP contribution in [0.3, 0.4) is 0 Å². The maximum atomic E-state index is 11.5. The Labute approximate surface area is 82.7 Å². The normalized spacial score (nSPS) is 9.77. The van der Waals surface area contributed by atoms with Gasteiger partial charge in [-0.15, -0.1) is 12.6 Å². The monoisotopic (exact) mass is 197 g/mol. The first kappa shape index (κ1) is 10.1. The lowest BCUT2D eigenvalue weighted by Gasteiger charge is -2.14. The Morgan fingerprint density at radius 1 is 1.46 bits per heavy atom. The van der Waals surface area contributed by atoms with Crippen molar-refractivity contribution >= 4 is 18.5 Å². The van der Waals surface area contributed by atoms with Crippen molar-refractivity contribution in [2.45, 2.75) is 4.90 Å². The summed E-state index contributed by atoms with van der Waals surface area (Å²) in [5, 5.41) is 1.16. The minimum absolute atomic E-state index is 0.201. The van der Waals surface area contributed by atoms with Crippen LogP contribution in [-0.4, -0.2) is 25.1 Å². The van der Waals surface area contributed by atoms with Gasteiger partial charge >= 0.3 is 0 Å². The summed E-state index contributed by atoms with van der Waals surface area (Å²) in [5.74, 6) is -0.201. The van der Waals surface area contributed by atoms with Gasteiger partial charge in [0.1, 0.15) is 0 Å². The second-order valence-corrected chi connectivity index (χ2v) is 2.98. The third kappa shape index (κ3) is 2.23. The molecular formula is C9H11NO2S. The molecule has 0 aliphatic carbocycles. The maximum absolute atomic E-state index is 11.5. The van der Waals surface area contributed by atoms with Crippen LogP contribution < -0.4 is 0 Å². The standard InChI is InChI=1S/C9H11NO2S/c1-10(12-2)9(11)7-5-3-4-6-8(7)13/h3-6,13H,1-2H3. The molecule has 13 heavy (non-hydrogen) atoms. The van der Waals surface area contributed by atoms with E-state index >= 15 is 0 Å². The number of amides is 1. The minimum Gasteiger partial charge on any atom is -0.274 e. The molecule has 4 heteroatoms. The van der Waals surface area contributed by atoms with E-state index in [9.17, 15) is 4.79 Å². The lowest BCUT2D eigenvalue weighted by molar-refractivity contribution is -0.0759. The lowest BCUT2D eigenvalue weighted by atomic mass is 10.2. The molecular weight excluding hydrogens is 186 g/mol. The van der Waals surface area contributed by atoms with Crippen molar-refractivity contribution in [2.75, 3.05) is 14.2 Å². The third-order valence-corrected chi connectivity index (χ3v) is 2.08. The Morgan fingerprint density at radius 3 is 2.62 bits per heavy atom. The first-order valence-electron chi connectivity index (χ1n) is 3.77. The van der Waals surface area contributed by atoms with E-state index in [1.54, 1.807) is 25.2 Å². The Bertz CT molecular complexity index is 314. The number of carbonyl (C=O) groups excluding carboxylic acids is 1. The van der Waals surface area contributed by atoms with Crippen molar-refractivity contribution in [2.24, 2.45) is 0 Å². The molecule has 1 aromatic carbocycles. The molecule has 0 N–H and O–H groups in total. The summed E-state index contributed by atoms with van der Waals surface area (Å²) in [6.07, 6.45) is 0. The van der Waals surface area contributed by atoms with Gasteiger partial charge in [-0.2, -0.15) is 0 Å². The summed E-state index contributed by atoms with van der Waals surface area (Å²) in [6.45, 7) is 0. The molecule has 0 saturated heterocycles. The fraction of sp³-hybridized carbons (Fsp3) is 0.222. The second kappa shape index (κ2) is 4.30. The second-order valence-electron chi connectivity index (χ2n) is 2.50. The molecule has 1 amide bonds. The van der Waals surface area contributed by atoms with Gasteiger partial charge < -0.3 is 0 Å². The highest BCUT2D eigenvalue weighted by molar-refractivity contribution is 7.80. The summed E-state index contributed by atoms with van der Waals surface area (Å²) in [4.78, 5) is 17.0. The van der Waals surface area contributed by atoms with Crippen molar-refractivity contribution in [3.05, 3.63) is 29.8 Å². The van der Waals surface area contributed by atoms with Crippen molar-refractivity contribution in [1.29, 1.82) is 0 Å². The Balaban J connectivity index is 2.95. The highest BCUT2D eigenvalue weighted by Gasteiger charge is 2.12. The summed E-state index contributed by atoms with van der Waals surface area (Å²) < 4.78 is 0. The van der Waals surface area contributed by atoms with Gasteiger partial charge in [0.05, 0.1) is 12.7 Å². The van der Waals surface area contributed by atoms with Gasteiger partial charge in [-0.3, -0.25) is 9.63 Å². The fourth-order valence-electron chi connectivity index (χ4n) is 0.907. The van der Waals surface area contributed by atoms with Crippen LogP contribution in [0, 0.1) is 0 Å². The van der Waals surface area contributed by atoms with Gasteiger partial charge in [0.2, 0.25) is 0 Å². The maximum Gasteiger partial charge on any atom is 0.278 e. The number of carbonyl (C=O) groups is 1. The van der Waals surface area contributed by atoms with Crippen LogP contribution in [0.2, 0.25) is 0 Å². The van der Waals surface area contributed by atoms with Crippen molar-refractivity contribution < 1.29 is 9.63 Å². The average Bonchev–Trinajstić information content (AvgIpc) is 2.16. The quantitative estimate of drug-likeness (QED) is 0.576. The first-order chi connectivity index (χ1) is 6.16.